The first-order chi connectivity index (χ1) is 11.1. The van der Waals surface area contributed by atoms with E-state index in [1.807, 2.05) is 19.1 Å². The molecular formula is C17H24N4O2. The van der Waals surface area contributed by atoms with E-state index in [0.717, 1.165) is 36.9 Å². The number of benzene rings is 1. The van der Waals surface area contributed by atoms with Gasteiger partial charge in [-0.15, -0.1) is 0 Å². The molecule has 3 amide bonds. The minimum absolute atomic E-state index is 0.0283. The minimum Gasteiger partial charge on any atom is -0.348 e. The smallest absolute Gasteiger partial charge is 0.322 e. The first kappa shape index (κ1) is 15.8. The Morgan fingerprint density at radius 2 is 2.13 bits per heavy atom. The third-order valence-corrected chi connectivity index (χ3v) is 4.83. The lowest BCUT2D eigenvalue weighted by Crippen LogP contribution is -2.49. The number of nitrogens with one attached hydrogen (secondary N) is 2. The van der Waals surface area contributed by atoms with Gasteiger partial charge in [-0.1, -0.05) is 18.9 Å². The summed E-state index contributed by atoms with van der Waals surface area (Å²) in [6, 6.07) is 5.46. The highest BCUT2D eigenvalue weighted by molar-refractivity contribution is 6.00. The second kappa shape index (κ2) is 6.58. The molecule has 6 heteroatoms. The van der Waals surface area contributed by atoms with Crippen LogP contribution in [-0.2, 0) is 0 Å². The molecule has 124 valence electrons. The average Bonchev–Trinajstić information content (AvgIpc) is 2.95. The number of nitrogens with two attached hydrogens (primary N) is 1. The highest BCUT2D eigenvalue weighted by Crippen LogP contribution is 2.25. The van der Waals surface area contributed by atoms with Crippen LogP contribution >= 0.6 is 0 Å². The van der Waals surface area contributed by atoms with Crippen LogP contribution in [0.3, 0.4) is 0 Å². The van der Waals surface area contributed by atoms with Crippen molar-refractivity contribution in [3.8, 4) is 0 Å². The highest BCUT2D eigenvalue weighted by Gasteiger charge is 2.27. The van der Waals surface area contributed by atoms with Crippen LogP contribution in [0.4, 0.5) is 10.5 Å². The molecule has 3 rings (SSSR count). The van der Waals surface area contributed by atoms with Gasteiger partial charge in [0.25, 0.3) is 5.91 Å². The fraction of sp³-hybridized carbons (Fsp3) is 0.529. The van der Waals surface area contributed by atoms with E-state index in [4.69, 9.17) is 5.73 Å². The first-order valence-corrected chi connectivity index (χ1v) is 8.29. The highest BCUT2D eigenvalue weighted by atomic mass is 16.2. The zero-order chi connectivity index (χ0) is 16.4. The summed E-state index contributed by atoms with van der Waals surface area (Å²) in [6.45, 7) is 3.14. The Bertz CT molecular complexity index is 617. The normalized spacial score (nSPS) is 24.4. The number of hydrogen-bond acceptors (Lipinski definition) is 3. The molecule has 1 aliphatic carbocycles. The van der Waals surface area contributed by atoms with Crippen molar-refractivity contribution in [1.82, 2.24) is 10.6 Å². The van der Waals surface area contributed by atoms with Gasteiger partial charge in [0.2, 0.25) is 0 Å². The van der Waals surface area contributed by atoms with Gasteiger partial charge in [-0.05, 0) is 37.5 Å². The van der Waals surface area contributed by atoms with Crippen LogP contribution in [-0.4, -0.2) is 37.1 Å². The lowest BCUT2D eigenvalue weighted by Gasteiger charge is -2.29. The second-order valence-electron chi connectivity index (χ2n) is 6.36. The van der Waals surface area contributed by atoms with Gasteiger partial charge in [-0.25, -0.2) is 4.79 Å². The minimum atomic E-state index is -0.111. The van der Waals surface area contributed by atoms with Crippen molar-refractivity contribution < 1.29 is 9.59 Å². The molecule has 0 spiro atoms. The third kappa shape index (κ3) is 3.17. The molecular weight excluding hydrogens is 292 g/mol. The summed E-state index contributed by atoms with van der Waals surface area (Å²) < 4.78 is 0. The third-order valence-electron chi connectivity index (χ3n) is 4.83. The van der Waals surface area contributed by atoms with Gasteiger partial charge in [-0.2, -0.15) is 0 Å². The van der Waals surface area contributed by atoms with E-state index < -0.39 is 0 Å². The van der Waals surface area contributed by atoms with Gasteiger partial charge < -0.3 is 16.4 Å². The predicted octanol–water partition coefficient (Wildman–Crippen LogP) is 1.52. The first-order valence-electron chi connectivity index (χ1n) is 8.29. The molecule has 1 heterocycles. The van der Waals surface area contributed by atoms with Gasteiger partial charge >= 0.3 is 6.03 Å². The van der Waals surface area contributed by atoms with Gasteiger partial charge in [0.15, 0.2) is 0 Å². The quantitative estimate of drug-likeness (QED) is 0.790. The molecule has 2 aliphatic rings. The van der Waals surface area contributed by atoms with Crippen molar-refractivity contribution >= 4 is 17.6 Å². The van der Waals surface area contributed by atoms with E-state index in [2.05, 4.69) is 10.6 Å². The molecule has 0 aromatic heterocycles. The summed E-state index contributed by atoms with van der Waals surface area (Å²) in [5.74, 6) is -0.105. The van der Waals surface area contributed by atoms with Crippen LogP contribution in [0.15, 0.2) is 18.2 Å². The summed E-state index contributed by atoms with van der Waals surface area (Å²) in [7, 11) is 0. The Morgan fingerprint density at radius 1 is 1.35 bits per heavy atom. The number of carbonyl (C=O) groups excluding carboxylic acids is 2. The molecule has 4 N–H and O–H groups in total. The van der Waals surface area contributed by atoms with E-state index in [0.29, 0.717) is 18.7 Å². The fourth-order valence-corrected chi connectivity index (χ4v) is 3.45. The average molecular weight is 316 g/mol. The van der Waals surface area contributed by atoms with Crippen molar-refractivity contribution in [3.63, 3.8) is 0 Å². The van der Waals surface area contributed by atoms with Crippen molar-refractivity contribution in [2.24, 2.45) is 5.73 Å². The summed E-state index contributed by atoms with van der Waals surface area (Å²) in [5, 5.41) is 5.86. The number of nitrogens with zero attached hydrogens (tertiary/aromatic N) is 1. The molecule has 0 bridgehead atoms. The zero-order valence-corrected chi connectivity index (χ0v) is 13.5. The molecule has 1 saturated heterocycles. The molecule has 0 unspecified atom stereocenters. The van der Waals surface area contributed by atoms with E-state index in [9.17, 15) is 9.59 Å². The van der Waals surface area contributed by atoms with Crippen LogP contribution in [0, 0.1) is 6.92 Å². The van der Waals surface area contributed by atoms with Crippen molar-refractivity contribution in [2.75, 3.05) is 18.0 Å². The zero-order valence-electron chi connectivity index (χ0n) is 13.5. The molecule has 1 aliphatic heterocycles. The number of anilines is 1. The summed E-state index contributed by atoms with van der Waals surface area (Å²) in [5.41, 5.74) is 8.34. The maximum absolute atomic E-state index is 12.6. The van der Waals surface area contributed by atoms with E-state index in [1.54, 1.807) is 11.0 Å². The van der Waals surface area contributed by atoms with Crippen molar-refractivity contribution in [3.05, 3.63) is 29.3 Å². The predicted molar refractivity (Wildman–Crippen MR) is 89.6 cm³/mol. The van der Waals surface area contributed by atoms with Crippen molar-refractivity contribution in [2.45, 2.75) is 44.7 Å². The van der Waals surface area contributed by atoms with Crippen LogP contribution in [0.5, 0.6) is 0 Å². The van der Waals surface area contributed by atoms with Crippen LogP contribution in [0.25, 0.3) is 0 Å². The number of amides is 3. The van der Waals surface area contributed by atoms with Gasteiger partial charge in [0.05, 0.1) is 0 Å². The molecule has 1 aromatic carbocycles. The standard InChI is InChI=1S/C17H24N4O2/c1-11-12(16(22)20-14-7-3-2-6-13(14)18)5-4-8-15(11)21-10-9-19-17(21)23/h4-5,8,13-14H,2-3,6-7,9-10,18H2,1H3,(H,19,23)(H,20,22)/t13-,14-/m1/s1. The Balaban J connectivity index is 1.79. The van der Waals surface area contributed by atoms with Crippen molar-refractivity contribution in [1.29, 1.82) is 0 Å². The maximum Gasteiger partial charge on any atom is 0.322 e. The van der Waals surface area contributed by atoms with Gasteiger partial charge in [0.1, 0.15) is 0 Å². The lowest BCUT2D eigenvalue weighted by atomic mass is 9.90. The Hall–Kier alpha value is -2.08. The molecule has 23 heavy (non-hydrogen) atoms. The molecule has 6 nitrogen and oxygen atoms in total. The van der Waals surface area contributed by atoms with Crippen LogP contribution < -0.4 is 21.3 Å². The SMILES string of the molecule is Cc1c(C(=O)N[C@@H]2CCCC[C@H]2N)cccc1N1CCNC1=O. The van der Waals surface area contributed by atoms with Crippen LogP contribution in [0.2, 0.25) is 0 Å². The largest absolute Gasteiger partial charge is 0.348 e. The monoisotopic (exact) mass is 316 g/mol. The topological polar surface area (TPSA) is 87.5 Å². The van der Waals surface area contributed by atoms with Crippen LogP contribution in [0.1, 0.15) is 41.6 Å². The summed E-state index contributed by atoms with van der Waals surface area (Å²) >= 11 is 0. The Morgan fingerprint density at radius 3 is 2.83 bits per heavy atom. The molecule has 2 atom stereocenters. The lowest BCUT2D eigenvalue weighted by molar-refractivity contribution is 0.0920. The van der Waals surface area contributed by atoms with E-state index in [-0.39, 0.29) is 24.0 Å². The molecule has 2 fully saturated rings. The number of carbonyl (C=O) groups is 2. The summed E-state index contributed by atoms with van der Waals surface area (Å²) in [4.78, 5) is 26.2. The Labute approximate surface area is 136 Å². The van der Waals surface area contributed by atoms with E-state index >= 15 is 0 Å². The van der Waals surface area contributed by atoms with E-state index in [1.165, 1.54) is 0 Å². The molecule has 1 aromatic rings. The number of urea groups is 1. The van der Waals surface area contributed by atoms with Gasteiger partial charge in [0, 0.05) is 36.4 Å². The number of rotatable bonds is 3. The second-order valence-corrected chi connectivity index (χ2v) is 6.36. The number of hydrogen-bond donors (Lipinski definition) is 3. The maximum atomic E-state index is 12.6. The van der Waals surface area contributed by atoms with Gasteiger partial charge in [-0.3, -0.25) is 9.69 Å². The molecule has 1 saturated carbocycles. The molecule has 0 radical (unpaired) electrons. The summed E-state index contributed by atoms with van der Waals surface area (Å²) in [6.07, 6.45) is 4.12. The Kier molecular flexibility index (Phi) is 4.52. The fourth-order valence-electron chi connectivity index (χ4n) is 3.45.